The van der Waals surface area contributed by atoms with Crippen LogP contribution in [0.4, 0.5) is 0 Å². The number of nitrogens with one attached hydrogen (secondary N) is 1. The summed E-state index contributed by atoms with van der Waals surface area (Å²) in [6.45, 7) is 7.40. The summed E-state index contributed by atoms with van der Waals surface area (Å²) in [5.74, 6) is 1.47. The van der Waals surface area contributed by atoms with Crippen LogP contribution in [0, 0.1) is 0 Å². The summed E-state index contributed by atoms with van der Waals surface area (Å²) in [4.78, 5) is 2.32. The third-order valence-electron chi connectivity index (χ3n) is 4.28. The van der Waals surface area contributed by atoms with Crippen molar-refractivity contribution in [3.63, 3.8) is 0 Å². The normalized spacial score (nSPS) is 16.5. The number of thiocarbonyl (C=S) groups is 1. The van der Waals surface area contributed by atoms with E-state index in [4.69, 9.17) is 21.7 Å². The molecule has 1 heterocycles. The Hall–Kier alpha value is -1.89. The topological polar surface area (TPSA) is 54.0 Å². The Bertz CT molecular complexity index is 635. The predicted molar refractivity (Wildman–Crippen MR) is 113 cm³/mol. The molecule has 5 nitrogen and oxygen atoms in total. The minimum Gasteiger partial charge on any atom is -0.492 e. The molecule has 2 rings (SSSR count). The van der Waals surface area contributed by atoms with Gasteiger partial charge in [-0.3, -0.25) is 4.90 Å². The SMILES string of the molecule is C/C=C\C(=C/CC)NC(=S)Oc1ccc(OCCN2CCC(O)CC2)cc1. The van der Waals surface area contributed by atoms with E-state index in [9.17, 15) is 5.11 Å². The van der Waals surface area contributed by atoms with Crippen molar-refractivity contribution in [2.45, 2.75) is 39.2 Å². The Balaban J connectivity index is 1.74. The molecule has 0 radical (unpaired) electrons. The molecule has 0 amide bonds. The number of rotatable bonds is 8. The zero-order valence-corrected chi connectivity index (χ0v) is 17.0. The molecule has 0 saturated carbocycles. The van der Waals surface area contributed by atoms with Gasteiger partial charge in [-0.2, -0.15) is 0 Å². The lowest BCUT2D eigenvalue weighted by molar-refractivity contribution is 0.0755. The molecule has 1 aromatic carbocycles. The highest BCUT2D eigenvalue weighted by atomic mass is 32.1. The fraction of sp³-hybridized carbons (Fsp3) is 0.476. The standard InChI is InChI=1S/C21H30N2O3S/c1-3-5-17(6-4-2)22-21(27)26-20-9-7-19(8-10-20)25-16-15-23-13-11-18(24)12-14-23/h3,5-10,18,24H,4,11-16H2,1-2H3,(H,22,27)/b5-3-,17-6+. The van der Waals surface area contributed by atoms with Crippen LogP contribution in [-0.4, -0.2) is 47.5 Å². The smallest absolute Gasteiger partial charge is 0.266 e. The summed E-state index contributed by atoms with van der Waals surface area (Å²) < 4.78 is 11.5. The van der Waals surface area contributed by atoms with E-state index in [-0.39, 0.29) is 6.10 Å². The van der Waals surface area contributed by atoms with Gasteiger partial charge < -0.3 is 19.9 Å². The second-order valence-corrected chi connectivity index (χ2v) is 6.85. The zero-order chi connectivity index (χ0) is 19.5. The van der Waals surface area contributed by atoms with Crippen molar-refractivity contribution in [1.82, 2.24) is 10.2 Å². The molecule has 0 bridgehead atoms. The molecular weight excluding hydrogens is 360 g/mol. The van der Waals surface area contributed by atoms with Crippen molar-refractivity contribution < 1.29 is 14.6 Å². The molecule has 0 unspecified atom stereocenters. The minimum absolute atomic E-state index is 0.137. The summed E-state index contributed by atoms with van der Waals surface area (Å²) in [6.07, 6.45) is 8.44. The summed E-state index contributed by atoms with van der Waals surface area (Å²) in [6, 6.07) is 7.46. The van der Waals surface area contributed by atoms with E-state index in [1.807, 2.05) is 43.3 Å². The number of aliphatic hydroxyl groups is 1. The molecule has 6 heteroatoms. The lowest BCUT2D eigenvalue weighted by atomic mass is 10.1. The Morgan fingerprint density at radius 3 is 2.56 bits per heavy atom. The fourth-order valence-corrected chi connectivity index (χ4v) is 3.06. The molecule has 27 heavy (non-hydrogen) atoms. The molecule has 0 aromatic heterocycles. The average Bonchev–Trinajstić information content (AvgIpc) is 2.65. The summed E-state index contributed by atoms with van der Waals surface area (Å²) >= 11 is 5.26. The Morgan fingerprint density at radius 2 is 1.93 bits per heavy atom. The van der Waals surface area contributed by atoms with E-state index in [1.165, 1.54) is 0 Å². The van der Waals surface area contributed by atoms with Crippen molar-refractivity contribution in [2.75, 3.05) is 26.2 Å². The highest BCUT2D eigenvalue weighted by molar-refractivity contribution is 7.80. The van der Waals surface area contributed by atoms with Gasteiger partial charge >= 0.3 is 0 Å². The molecule has 0 atom stereocenters. The molecule has 1 aliphatic rings. The van der Waals surface area contributed by atoms with E-state index in [0.29, 0.717) is 17.5 Å². The van der Waals surface area contributed by atoms with E-state index in [1.54, 1.807) is 0 Å². The van der Waals surface area contributed by atoms with Gasteiger partial charge in [0.25, 0.3) is 5.17 Å². The number of hydrogen-bond acceptors (Lipinski definition) is 5. The first kappa shape index (κ1) is 21.4. The van der Waals surface area contributed by atoms with Crippen LogP contribution < -0.4 is 14.8 Å². The predicted octanol–water partition coefficient (Wildman–Crippen LogP) is 3.65. The van der Waals surface area contributed by atoms with Gasteiger partial charge in [0, 0.05) is 25.3 Å². The van der Waals surface area contributed by atoms with Gasteiger partial charge in [-0.15, -0.1) is 0 Å². The number of nitrogens with zero attached hydrogens (tertiary/aromatic N) is 1. The third-order valence-corrected chi connectivity index (χ3v) is 4.47. The van der Waals surface area contributed by atoms with Crippen LogP contribution in [-0.2, 0) is 0 Å². The fourth-order valence-electron chi connectivity index (χ4n) is 2.85. The van der Waals surface area contributed by atoms with Crippen molar-refractivity contribution in [3.05, 3.63) is 48.2 Å². The van der Waals surface area contributed by atoms with E-state index in [2.05, 4.69) is 23.2 Å². The van der Waals surface area contributed by atoms with Crippen LogP contribution in [0.15, 0.2) is 48.2 Å². The van der Waals surface area contributed by atoms with Gasteiger partial charge in [-0.1, -0.05) is 19.1 Å². The van der Waals surface area contributed by atoms with Gasteiger partial charge in [0.1, 0.15) is 18.1 Å². The number of allylic oxidation sites excluding steroid dienone is 3. The second kappa shape index (κ2) is 11.7. The Labute approximate surface area is 167 Å². The van der Waals surface area contributed by atoms with Gasteiger partial charge in [0.05, 0.1) is 6.10 Å². The number of aliphatic hydroxyl groups excluding tert-OH is 1. The molecule has 148 valence electrons. The monoisotopic (exact) mass is 390 g/mol. The first-order chi connectivity index (χ1) is 13.1. The summed E-state index contributed by atoms with van der Waals surface area (Å²) in [5.41, 5.74) is 0.926. The maximum atomic E-state index is 9.53. The lowest BCUT2D eigenvalue weighted by Gasteiger charge is -2.29. The highest BCUT2D eigenvalue weighted by Crippen LogP contribution is 2.18. The maximum Gasteiger partial charge on any atom is 0.266 e. The number of benzene rings is 1. The van der Waals surface area contributed by atoms with Gasteiger partial charge in [0.2, 0.25) is 0 Å². The van der Waals surface area contributed by atoms with E-state index in [0.717, 1.165) is 50.3 Å². The minimum atomic E-state index is -0.137. The summed E-state index contributed by atoms with van der Waals surface area (Å²) in [5, 5.41) is 12.9. The molecule has 0 aliphatic carbocycles. The van der Waals surface area contributed by atoms with Crippen LogP contribution in [0.2, 0.25) is 0 Å². The van der Waals surface area contributed by atoms with Gasteiger partial charge in [-0.25, -0.2) is 0 Å². The third kappa shape index (κ3) is 8.12. The number of piperidine rings is 1. The Kier molecular flexibility index (Phi) is 9.31. The maximum absolute atomic E-state index is 9.53. The van der Waals surface area contributed by atoms with Gasteiger partial charge in [-0.05, 0) is 68.7 Å². The molecular formula is C21H30N2O3S. The highest BCUT2D eigenvalue weighted by Gasteiger charge is 2.16. The molecule has 1 aromatic rings. The summed E-state index contributed by atoms with van der Waals surface area (Å²) in [7, 11) is 0. The van der Waals surface area contributed by atoms with Crippen molar-refractivity contribution >= 4 is 17.4 Å². The van der Waals surface area contributed by atoms with Crippen LogP contribution in [0.3, 0.4) is 0 Å². The quantitative estimate of drug-likeness (QED) is 0.522. The first-order valence-corrected chi connectivity index (χ1v) is 9.96. The van der Waals surface area contributed by atoms with E-state index < -0.39 is 0 Å². The van der Waals surface area contributed by atoms with Crippen LogP contribution in [0.1, 0.15) is 33.1 Å². The van der Waals surface area contributed by atoms with Gasteiger partial charge in [0.15, 0.2) is 0 Å². The number of ether oxygens (including phenoxy) is 2. The molecule has 1 fully saturated rings. The lowest BCUT2D eigenvalue weighted by Crippen LogP contribution is -2.38. The Morgan fingerprint density at radius 1 is 1.26 bits per heavy atom. The average molecular weight is 391 g/mol. The van der Waals surface area contributed by atoms with Crippen LogP contribution in [0.25, 0.3) is 0 Å². The largest absolute Gasteiger partial charge is 0.492 e. The van der Waals surface area contributed by atoms with Crippen molar-refractivity contribution in [2.24, 2.45) is 0 Å². The second-order valence-electron chi connectivity index (χ2n) is 6.47. The van der Waals surface area contributed by atoms with Crippen LogP contribution in [0.5, 0.6) is 11.5 Å². The first-order valence-electron chi connectivity index (χ1n) is 9.55. The van der Waals surface area contributed by atoms with Crippen molar-refractivity contribution in [3.8, 4) is 11.5 Å². The zero-order valence-electron chi connectivity index (χ0n) is 16.2. The van der Waals surface area contributed by atoms with Crippen LogP contribution >= 0.6 is 12.2 Å². The number of likely N-dealkylation sites (tertiary alicyclic amines) is 1. The molecule has 2 N–H and O–H groups in total. The number of hydrogen-bond donors (Lipinski definition) is 2. The molecule has 0 spiro atoms. The van der Waals surface area contributed by atoms with E-state index >= 15 is 0 Å². The molecule has 1 aliphatic heterocycles. The molecule has 1 saturated heterocycles. The van der Waals surface area contributed by atoms with Crippen molar-refractivity contribution in [1.29, 1.82) is 0 Å².